The molecule has 1 aliphatic rings. The molecule has 2 unspecified atom stereocenters. The first kappa shape index (κ1) is 20.2. The Morgan fingerprint density at radius 2 is 1.69 bits per heavy atom. The van der Waals surface area contributed by atoms with Crippen molar-refractivity contribution in [2.75, 3.05) is 12.9 Å². The van der Waals surface area contributed by atoms with Crippen LogP contribution in [0.1, 0.15) is 12.8 Å². The van der Waals surface area contributed by atoms with Gasteiger partial charge in [-0.05, 0) is 18.1 Å². The quantitative estimate of drug-likeness (QED) is 0.270. The van der Waals surface area contributed by atoms with E-state index in [1.807, 2.05) is 0 Å². The van der Waals surface area contributed by atoms with Crippen molar-refractivity contribution >= 4 is 23.5 Å². The summed E-state index contributed by atoms with van der Waals surface area (Å²) in [7, 11) is 1.09. The number of hydrogen-bond donors (Lipinski definition) is 1. The van der Waals surface area contributed by atoms with Gasteiger partial charge in [0.15, 0.2) is 29.1 Å². The highest BCUT2D eigenvalue weighted by Gasteiger charge is 2.37. The van der Waals surface area contributed by atoms with Crippen LogP contribution in [0.3, 0.4) is 0 Å². The third-order valence-corrected chi connectivity index (χ3v) is 5.01. The van der Waals surface area contributed by atoms with Gasteiger partial charge in [0.05, 0.1) is 12.0 Å². The maximum Gasteiger partial charge on any atom is 0.316 e. The van der Waals surface area contributed by atoms with Crippen LogP contribution in [0.5, 0.6) is 0 Å². The molecule has 1 aromatic rings. The highest BCUT2D eigenvalue weighted by molar-refractivity contribution is 7.99. The molecule has 0 saturated carbocycles. The summed E-state index contributed by atoms with van der Waals surface area (Å²) in [5.41, 5.74) is 0. The van der Waals surface area contributed by atoms with E-state index in [4.69, 9.17) is 0 Å². The third kappa shape index (κ3) is 3.84. The van der Waals surface area contributed by atoms with Gasteiger partial charge in [-0.3, -0.25) is 9.59 Å². The molecule has 142 valence electrons. The fourth-order valence-corrected chi connectivity index (χ4v) is 3.72. The average Bonchev–Trinajstić information content (AvgIpc) is 2.60. The van der Waals surface area contributed by atoms with Crippen LogP contribution in [0.25, 0.3) is 0 Å². The molecule has 0 fully saturated rings. The smallest absolute Gasteiger partial charge is 0.316 e. The highest BCUT2D eigenvalue weighted by Crippen LogP contribution is 2.35. The Labute approximate surface area is 149 Å². The molecule has 1 N–H and O–H groups in total. The molecular formula is C16H13F5O4S. The first-order valence-corrected chi connectivity index (χ1v) is 8.33. The van der Waals surface area contributed by atoms with Crippen LogP contribution in [0.2, 0.25) is 0 Å². The van der Waals surface area contributed by atoms with Crippen LogP contribution in [0, 0.1) is 40.9 Å². The minimum atomic E-state index is -2.25. The van der Waals surface area contributed by atoms with Gasteiger partial charge in [-0.25, -0.2) is 22.0 Å². The number of halogens is 5. The number of hydrogen-bond acceptors (Lipinski definition) is 5. The lowest BCUT2D eigenvalue weighted by Crippen LogP contribution is -2.32. The van der Waals surface area contributed by atoms with E-state index < -0.39 is 63.3 Å². The molecule has 0 radical (unpaired) electrons. The van der Waals surface area contributed by atoms with Gasteiger partial charge in [-0.1, -0.05) is 0 Å². The highest BCUT2D eigenvalue weighted by atomic mass is 32.2. The molecule has 4 nitrogen and oxygen atoms in total. The summed E-state index contributed by atoms with van der Waals surface area (Å²) < 4.78 is 71.2. The van der Waals surface area contributed by atoms with Crippen molar-refractivity contribution in [2.45, 2.75) is 17.7 Å². The largest absolute Gasteiger partial charge is 0.511 e. The summed E-state index contributed by atoms with van der Waals surface area (Å²) in [5, 5.41) is 9.79. The first-order valence-electron chi connectivity index (χ1n) is 7.34. The van der Waals surface area contributed by atoms with Gasteiger partial charge in [-0.2, -0.15) is 0 Å². The van der Waals surface area contributed by atoms with Crippen LogP contribution in [-0.4, -0.2) is 29.7 Å². The topological polar surface area (TPSA) is 63.6 Å². The molecule has 0 amide bonds. The second-order valence-electron chi connectivity index (χ2n) is 5.54. The maximum atomic E-state index is 13.6. The number of rotatable bonds is 5. The Bertz CT molecular complexity index is 751. The van der Waals surface area contributed by atoms with E-state index in [9.17, 15) is 36.6 Å². The number of carbonyl (C=O) groups excluding carboxylic acids is 2. The summed E-state index contributed by atoms with van der Waals surface area (Å²) in [5.74, 6) is -14.0. The number of benzene rings is 1. The summed E-state index contributed by atoms with van der Waals surface area (Å²) in [6, 6.07) is 0. The fraction of sp³-hybridized carbons (Fsp3) is 0.375. The van der Waals surface area contributed by atoms with Gasteiger partial charge >= 0.3 is 5.97 Å². The monoisotopic (exact) mass is 396 g/mol. The molecular weight excluding hydrogens is 383 g/mol. The number of thioether (sulfide) groups is 1. The van der Waals surface area contributed by atoms with E-state index in [1.165, 1.54) is 0 Å². The molecule has 0 bridgehead atoms. The number of carbonyl (C=O) groups is 2. The Balaban J connectivity index is 2.15. The number of ether oxygens (including phenoxy) is 1. The zero-order valence-corrected chi connectivity index (χ0v) is 14.1. The minimum Gasteiger partial charge on any atom is -0.511 e. The van der Waals surface area contributed by atoms with Crippen LogP contribution < -0.4 is 0 Å². The number of esters is 1. The van der Waals surface area contributed by atoms with Gasteiger partial charge < -0.3 is 9.84 Å². The maximum absolute atomic E-state index is 13.6. The Hall–Kier alpha value is -2.10. The molecule has 0 spiro atoms. The second kappa shape index (κ2) is 8.07. The zero-order valence-electron chi connectivity index (χ0n) is 13.3. The van der Waals surface area contributed by atoms with E-state index in [0.717, 1.165) is 13.2 Å². The van der Waals surface area contributed by atoms with Crippen molar-refractivity contribution in [1.29, 1.82) is 0 Å². The Morgan fingerprint density at radius 1 is 1.15 bits per heavy atom. The van der Waals surface area contributed by atoms with Crippen molar-refractivity contribution < 1.29 is 41.4 Å². The summed E-state index contributed by atoms with van der Waals surface area (Å²) in [4.78, 5) is 22.3. The van der Waals surface area contributed by atoms with E-state index in [2.05, 4.69) is 4.74 Å². The van der Waals surface area contributed by atoms with Crippen molar-refractivity contribution in [3.8, 4) is 0 Å². The Morgan fingerprint density at radius 3 is 2.23 bits per heavy atom. The molecule has 0 heterocycles. The standard InChI is InChI=1S/C16H13F5O4S/c1-25-16(24)9-6(4-7(22)5-8(9)23)2-3-26-15-13(20)11(18)10(17)12(19)14(15)21/h5-6,9,23H,2-4H2,1H3. The van der Waals surface area contributed by atoms with Crippen LogP contribution in [0.4, 0.5) is 22.0 Å². The van der Waals surface area contributed by atoms with E-state index in [0.29, 0.717) is 11.8 Å². The molecule has 0 aliphatic heterocycles. The lowest BCUT2D eigenvalue weighted by Gasteiger charge is -2.27. The molecule has 2 atom stereocenters. The first-order chi connectivity index (χ1) is 12.2. The van der Waals surface area contributed by atoms with Gasteiger partial charge in [0.1, 0.15) is 11.7 Å². The van der Waals surface area contributed by atoms with Gasteiger partial charge in [-0.15, -0.1) is 11.8 Å². The minimum absolute atomic E-state index is 0.00638. The second-order valence-corrected chi connectivity index (χ2v) is 6.64. The molecule has 26 heavy (non-hydrogen) atoms. The van der Waals surface area contributed by atoms with E-state index in [-0.39, 0.29) is 18.6 Å². The fourth-order valence-electron chi connectivity index (χ4n) is 2.66. The average molecular weight is 396 g/mol. The molecule has 10 heteroatoms. The van der Waals surface area contributed by atoms with Crippen LogP contribution in [-0.2, 0) is 14.3 Å². The predicted molar refractivity (Wildman–Crippen MR) is 80.9 cm³/mol. The predicted octanol–water partition coefficient (Wildman–Crippen LogP) is 3.68. The SMILES string of the molecule is COC(=O)C1C(O)=CC(=O)CC1CCSc1c(F)c(F)c(F)c(F)c1F. The third-order valence-electron chi connectivity index (χ3n) is 3.92. The zero-order chi connectivity index (χ0) is 19.6. The van der Waals surface area contributed by atoms with Gasteiger partial charge in [0.25, 0.3) is 0 Å². The van der Waals surface area contributed by atoms with E-state index in [1.54, 1.807) is 0 Å². The number of aliphatic hydroxyl groups excluding tert-OH is 1. The van der Waals surface area contributed by atoms with Gasteiger partial charge in [0.2, 0.25) is 5.82 Å². The molecule has 1 aromatic carbocycles. The number of ketones is 1. The van der Waals surface area contributed by atoms with Crippen molar-refractivity contribution in [2.24, 2.45) is 11.8 Å². The van der Waals surface area contributed by atoms with Crippen molar-refractivity contribution in [1.82, 2.24) is 0 Å². The summed E-state index contributed by atoms with van der Waals surface area (Å²) >= 11 is 0.367. The van der Waals surface area contributed by atoms with Crippen LogP contribution in [0.15, 0.2) is 16.7 Å². The molecule has 0 aromatic heterocycles. The van der Waals surface area contributed by atoms with Crippen molar-refractivity contribution in [3.05, 3.63) is 40.9 Å². The molecule has 2 rings (SSSR count). The number of aliphatic hydroxyl groups is 1. The van der Waals surface area contributed by atoms with Gasteiger partial charge in [0, 0.05) is 12.5 Å². The van der Waals surface area contributed by atoms with Crippen LogP contribution >= 0.6 is 11.8 Å². The summed E-state index contributed by atoms with van der Waals surface area (Å²) in [6.07, 6.45) is 0.768. The summed E-state index contributed by atoms with van der Waals surface area (Å²) in [6.45, 7) is 0. The lowest BCUT2D eigenvalue weighted by molar-refractivity contribution is -0.147. The Kier molecular flexibility index (Phi) is 6.27. The number of allylic oxidation sites excluding steroid dienone is 1. The van der Waals surface area contributed by atoms with Crippen molar-refractivity contribution in [3.63, 3.8) is 0 Å². The molecule has 0 saturated heterocycles. The normalized spacial score (nSPS) is 20.1. The van der Waals surface area contributed by atoms with E-state index >= 15 is 0 Å². The lowest BCUT2D eigenvalue weighted by atomic mass is 9.80. The number of methoxy groups -OCH3 is 1. The molecule has 1 aliphatic carbocycles.